The van der Waals surface area contributed by atoms with E-state index in [4.69, 9.17) is 9.47 Å². The van der Waals surface area contributed by atoms with Crippen LogP contribution in [0.25, 0.3) is 0 Å². The van der Waals surface area contributed by atoms with Gasteiger partial charge in [-0.1, -0.05) is 41.6 Å². The van der Waals surface area contributed by atoms with Crippen LogP contribution in [0, 0.1) is 0 Å². The lowest BCUT2D eigenvalue weighted by Crippen LogP contribution is -2.16. The van der Waals surface area contributed by atoms with E-state index in [-0.39, 0.29) is 17.7 Å². The van der Waals surface area contributed by atoms with Crippen LogP contribution in [0.15, 0.2) is 60.8 Å². The van der Waals surface area contributed by atoms with Crippen LogP contribution in [-0.4, -0.2) is 40.2 Å². The molecule has 1 atom stereocenters. The van der Waals surface area contributed by atoms with Gasteiger partial charge in [0.1, 0.15) is 12.4 Å². The molecule has 28 heavy (non-hydrogen) atoms. The molecule has 4 rings (SSSR count). The van der Waals surface area contributed by atoms with Crippen LogP contribution < -0.4 is 10.1 Å². The van der Waals surface area contributed by atoms with Crippen LogP contribution in [0.5, 0.6) is 5.75 Å². The van der Waals surface area contributed by atoms with Crippen LogP contribution >= 0.6 is 0 Å². The lowest BCUT2D eigenvalue weighted by atomic mass is 10.2. The van der Waals surface area contributed by atoms with Crippen molar-refractivity contribution in [1.82, 2.24) is 15.0 Å². The highest BCUT2D eigenvalue weighted by atomic mass is 16.5. The summed E-state index contributed by atoms with van der Waals surface area (Å²) < 4.78 is 13.0. The summed E-state index contributed by atoms with van der Waals surface area (Å²) in [6.07, 6.45) is 3.89. The summed E-state index contributed by atoms with van der Waals surface area (Å²) in [6.45, 7) is 1.88. The number of carbonyl (C=O) groups is 1. The molecule has 3 aromatic rings. The van der Waals surface area contributed by atoms with Crippen LogP contribution in [0.1, 0.15) is 28.9 Å². The van der Waals surface area contributed by atoms with E-state index in [1.807, 2.05) is 48.5 Å². The van der Waals surface area contributed by atoms with E-state index in [1.165, 1.54) is 0 Å². The van der Waals surface area contributed by atoms with Gasteiger partial charge in [0.15, 0.2) is 5.69 Å². The maximum Gasteiger partial charge on any atom is 0.277 e. The van der Waals surface area contributed by atoms with Crippen molar-refractivity contribution in [3.63, 3.8) is 0 Å². The van der Waals surface area contributed by atoms with Gasteiger partial charge in [-0.15, -0.1) is 5.10 Å². The van der Waals surface area contributed by atoms with Gasteiger partial charge in [-0.25, -0.2) is 4.68 Å². The molecular formula is C21H22N4O3. The zero-order valence-corrected chi connectivity index (χ0v) is 15.5. The van der Waals surface area contributed by atoms with Crippen molar-refractivity contribution in [2.45, 2.75) is 25.5 Å². The first-order valence-corrected chi connectivity index (χ1v) is 9.36. The SMILES string of the molecule is O=C(Nc1cccc(OCC2CCCO2)c1)c1cn(Cc2ccccc2)nn1. The number of carbonyl (C=O) groups excluding carboxylic acids is 1. The Morgan fingerprint density at radius 1 is 1.21 bits per heavy atom. The Balaban J connectivity index is 1.35. The van der Waals surface area contributed by atoms with Gasteiger partial charge in [0.05, 0.1) is 18.8 Å². The minimum atomic E-state index is -0.310. The molecule has 0 bridgehead atoms. The normalized spacial score (nSPS) is 16.1. The highest BCUT2D eigenvalue weighted by Crippen LogP contribution is 2.20. The highest BCUT2D eigenvalue weighted by molar-refractivity contribution is 6.02. The average Bonchev–Trinajstić information content (AvgIpc) is 3.40. The lowest BCUT2D eigenvalue weighted by molar-refractivity contribution is 0.0680. The first kappa shape index (κ1) is 18.2. The summed E-state index contributed by atoms with van der Waals surface area (Å²) >= 11 is 0. The predicted octanol–water partition coefficient (Wildman–Crippen LogP) is 3.14. The highest BCUT2D eigenvalue weighted by Gasteiger charge is 2.16. The molecule has 1 amide bonds. The van der Waals surface area contributed by atoms with Gasteiger partial charge in [0.2, 0.25) is 0 Å². The van der Waals surface area contributed by atoms with E-state index in [9.17, 15) is 4.79 Å². The Kier molecular flexibility index (Phi) is 5.63. The Labute approximate surface area is 163 Å². The number of aromatic nitrogens is 3. The number of hydrogen-bond acceptors (Lipinski definition) is 5. The number of rotatable bonds is 7. The first-order chi connectivity index (χ1) is 13.8. The van der Waals surface area contributed by atoms with Crippen LogP contribution in [-0.2, 0) is 11.3 Å². The summed E-state index contributed by atoms with van der Waals surface area (Å²) in [5, 5.41) is 10.8. The number of hydrogen-bond donors (Lipinski definition) is 1. The number of nitrogens with one attached hydrogen (secondary N) is 1. The zero-order valence-electron chi connectivity index (χ0n) is 15.5. The molecule has 1 N–H and O–H groups in total. The molecule has 0 spiro atoms. The fourth-order valence-corrected chi connectivity index (χ4v) is 3.07. The smallest absolute Gasteiger partial charge is 0.277 e. The average molecular weight is 378 g/mol. The third kappa shape index (κ3) is 4.75. The fraction of sp³-hybridized carbons (Fsp3) is 0.286. The van der Waals surface area contributed by atoms with Crippen LogP contribution in [0.3, 0.4) is 0 Å². The largest absolute Gasteiger partial charge is 0.491 e. The van der Waals surface area contributed by atoms with E-state index in [1.54, 1.807) is 16.9 Å². The third-order valence-corrected chi connectivity index (χ3v) is 4.51. The number of amides is 1. The van der Waals surface area contributed by atoms with E-state index in [0.29, 0.717) is 24.6 Å². The lowest BCUT2D eigenvalue weighted by Gasteiger charge is -2.12. The summed E-state index contributed by atoms with van der Waals surface area (Å²) in [5.74, 6) is 0.386. The summed E-state index contributed by atoms with van der Waals surface area (Å²) in [4.78, 5) is 12.5. The van der Waals surface area contributed by atoms with Gasteiger partial charge in [-0.05, 0) is 30.5 Å². The van der Waals surface area contributed by atoms with Crippen LogP contribution in [0.2, 0.25) is 0 Å². The quantitative estimate of drug-likeness (QED) is 0.683. The predicted molar refractivity (Wildman–Crippen MR) is 104 cm³/mol. The molecule has 0 radical (unpaired) electrons. The topological polar surface area (TPSA) is 78.3 Å². The van der Waals surface area contributed by atoms with Gasteiger partial charge in [-0.3, -0.25) is 4.79 Å². The van der Waals surface area contributed by atoms with Gasteiger partial charge in [-0.2, -0.15) is 0 Å². The number of benzene rings is 2. The Hall–Kier alpha value is -3.19. The molecule has 2 aromatic carbocycles. The van der Waals surface area contributed by atoms with Crippen molar-refractivity contribution in [3.05, 3.63) is 72.1 Å². The molecule has 7 nitrogen and oxygen atoms in total. The minimum Gasteiger partial charge on any atom is -0.491 e. The summed E-state index contributed by atoms with van der Waals surface area (Å²) in [6, 6.07) is 17.2. The molecule has 1 saturated heterocycles. The molecular weight excluding hydrogens is 356 g/mol. The van der Waals surface area contributed by atoms with Crippen molar-refractivity contribution >= 4 is 11.6 Å². The Morgan fingerprint density at radius 3 is 2.93 bits per heavy atom. The molecule has 0 aliphatic carbocycles. The zero-order chi connectivity index (χ0) is 19.2. The maximum atomic E-state index is 12.5. The Morgan fingerprint density at radius 2 is 2.11 bits per heavy atom. The van der Waals surface area contributed by atoms with Gasteiger partial charge < -0.3 is 14.8 Å². The third-order valence-electron chi connectivity index (χ3n) is 4.51. The van der Waals surface area contributed by atoms with E-state index in [2.05, 4.69) is 15.6 Å². The second kappa shape index (κ2) is 8.67. The molecule has 0 saturated carbocycles. The van der Waals surface area contributed by atoms with Gasteiger partial charge in [0, 0.05) is 18.4 Å². The fourth-order valence-electron chi connectivity index (χ4n) is 3.07. The maximum absolute atomic E-state index is 12.5. The van der Waals surface area contributed by atoms with E-state index >= 15 is 0 Å². The molecule has 144 valence electrons. The molecule has 1 aromatic heterocycles. The summed E-state index contributed by atoms with van der Waals surface area (Å²) in [5.41, 5.74) is 2.00. The molecule has 2 heterocycles. The molecule has 1 aliphatic heterocycles. The molecule has 1 aliphatic rings. The van der Waals surface area contributed by atoms with Gasteiger partial charge >= 0.3 is 0 Å². The van der Waals surface area contributed by atoms with Crippen molar-refractivity contribution in [1.29, 1.82) is 0 Å². The standard InChI is InChI=1S/C21H22N4O3/c26-21(20-14-25(24-23-20)13-16-6-2-1-3-7-16)22-17-8-4-9-18(12-17)28-15-19-10-5-11-27-19/h1-4,6-9,12,14,19H,5,10-11,13,15H2,(H,22,26). The first-order valence-electron chi connectivity index (χ1n) is 9.36. The van der Waals surface area contributed by atoms with Crippen LogP contribution in [0.4, 0.5) is 5.69 Å². The second-order valence-corrected chi connectivity index (χ2v) is 6.71. The monoisotopic (exact) mass is 378 g/mol. The molecule has 7 heteroatoms. The second-order valence-electron chi connectivity index (χ2n) is 6.71. The van der Waals surface area contributed by atoms with Crippen molar-refractivity contribution in [3.8, 4) is 5.75 Å². The van der Waals surface area contributed by atoms with Crippen molar-refractivity contribution in [2.24, 2.45) is 0 Å². The number of ether oxygens (including phenoxy) is 2. The van der Waals surface area contributed by atoms with Gasteiger partial charge in [0.25, 0.3) is 5.91 Å². The Bertz CT molecular complexity index is 920. The number of anilines is 1. The van der Waals surface area contributed by atoms with Crippen molar-refractivity contribution < 1.29 is 14.3 Å². The number of nitrogens with zero attached hydrogens (tertiary/aromatic N) is 3. The van der Waals surface area contributed by atoms with E-state index < -0.39 is 0 Å². The molecule has 1 fully saturated rings. The van der Waals surface area contributed by atoms with Crippen molar-refractivity contribution in [2.75, 3.05) is 18.5 Å². The molecule has 1 unspecified atom stereocenters. The summed E-state index contributed by atoms with van der Waals surface area (Å²) in [7, 11) is 0. The van der Waals surface area contributed by atoms with E-state index in [0.717, 1.165) is 25.0 Å². The minimum absolute atomic E-state index is 0.151.